The average molecular weight is 433 g/mol. The van der Waals surface area contributed by atoms with Gasteiger partial charge in [-0.1, -0.05) is 35.5 Å². The maximum atomic E-state index is 13.6. The number of fused-ring (bicyclic) bond motifs is 2. The molecule has 1 saturated heterocycles. The fourth-order valence-corrected chi connectivity index (χ4v) is 4.75. The van der Waals surface area contributed by atoms with Crippen LogP contribution in [0.2, 0.25) is 0 Å². The van der Waals surface area contributed by atoms with Crippen LogP contribution in [0.4, 0.5) is 0 Å². The molecule has 0 radical (unpaired) electrons. The van der Waals surface area contributed by atoms with Gasteiger partial charge in [-0.25, -0.2) is 0 Å². The minimum atomic E-state index is -1.02. The van der Waals surface area contributed by atoms with Gasteiger partial charge >= 0.3 is 0 Å². The number of benzene rings is 1. The molecule has 0 spiro atoms. The molecular formula is C23H23N5O4. The van der Waals surface area contributed by atoms with E-state index in [4.69, 9.17) is 4.52 Å². The highest BCUT2D eigenvalue weighted by Crippen LogP contribution is 2.43. The van der Waals surface area contributed by atoms with Crippen molar-refractivity contribution in [3.63, 3.8) is 0 Å². The first kappa shape index (κ1) is 20.0. The molecule has 1 fully saturated rings. The van der Waals surface area contributed by atoms with Crippen LogP contribution in [0.15, 0.2) is 53.4 Å². The summed E-state index contributed by atoms with van der Waals surface area (Å²) in [4.78, 5) is 44.7. The molecule has 32 heavy (non-hydrogen) atoms. The van der Waals surface area contributed by atoms with Crippen molar-refractivity contribution < 1.29 is 18.9 Å². The summed E-state index contributed by atoms with van der Waals surface area (Å²) < 4.78 is 6.79. The van der Waals surface area contributed by atoms with Crippen molar-refractivity contribution in [2.24, 2.45) is 0 Å². The summed E-state index contributed by atoms with van der Waals surface area (Å²) in [5.41, 5.74) is 1.56. The van der Waals surface area contributed by atoms with Crippen LogP contribution in [0.3, 0.4) is 0 Å². The van der Waals surface area contributed by atoms with Crippen molar-refractivity contribution in [1.29, 1.82) is 0 Å². The van der Waals surface area contributed by atoms with E-state index in [1.54, 1.807) is 47.6 Å². The highest BCUT2D eigenvalue weighted by Gasteiger charge is 2.56. The van der Waals surface area contributed by atoms with Crippen LogP contribution < -0.4 is 0 Å². The van der Waals surface area contributed by atoms with Gasteiger partial charge in [-0.15, -0.1) is 0 Å². The van der Waals surface area contributed by atoms with Crippen molar-refractivity contribution in [1.82, 2.24) is 24.4 Å². The van der Waals surface area contributed by atoms with Gasteiger partial charge in [0.1, 0.15) is 17.5 Å². The number of hydrogen-bond acceptors (Lipinski definition) is 5. The lowest BCUT2D eigenvalue weighted by atomic mass is 9.93. The SMILES string of the molecule is Cc1nocc1C(=O)N1CCN2C(=O)c3cc(C(=O)N(C)C)cn3CC12c1ccccc1. The topological polar surface area (TPSA) is 91.9 Å². The summed E-state index contributed by atoms with van der Waals surface area (Å²) in [6, 6.07) is 11.2. The van der Waals surface area contributed by atoms with Crippen LogP contribution in [0, 0.1) is 6.92 Å². The molecule has 9 nitrogen and oxygen atoms in total. The Morgan fingerprint density at radius 3 is 2.56 bits per heavy atom. The zero-order valence-corrected chi connectivity index (χ0v) is 18.1. The molecule has 0 N–H and O–H groups in total. The third-order valence-electron chi connectivity index (χ3n) is 6.31. The van der Waals surface area contributed by atoms with Gasteiger partial charge in [-0.2, -0.15) is 0 Å². The Labute approximate surface area is 184 Å². The second-order valence-electron chi connectivity index (χ2n) is 8.35. The zero-order valence-electron chi connectivity index (χ0n) is 18.1. The van der Waals surface area contributed by atoms with Crippen molar-refractivity contribution in [2.45, 2.75) is 19.1 Å². The van der Waals surface area contributed by atoms with Gasteiger partial charge in [0.15, 0.2) is 5.66 Å². The van der Waals surface area contributed by atoms with Gasteiger partial charge in [-0.05, 0) is 18.6 Å². The first-order valence-corrected chi connectivity index (χ1v) is 10.4. The number of amides is 3. The number of carbonyl (C=O) groups excluding carboxylic acids is 3. The number of aromatic nitrogens is 2. The number of hydrogen-bond donors (Lipinski definition) is 0. The number of rotatable bonds is 3. The zero-order chi connectivity index (χ0) is 22.6. The largest absolute Gasteiger partial charge is 0.364 e. The van der Waals surface area contributed by atoms with E-state index >= 15 is 0 Å². The minimum absolute atomic E-state index is 0.179. The van der Waals surface area contributed by atoms with Crippen LogP contribution in [-0.4, -0.2) is 69.3 Å². The maximum absolute atomic E-state index is 13.6. The van der Waals surface area contributed by atoms with E-state index in [1.807, 2.05) is 30.3 Å². The van der Waals surface area contributed by atoms with E-state index in [1.165, 1.54) is 11.2 Å². The molecule has 0 saturated carbocycles. The van der Waals surface area contributed by atoms with Crippen LogP contribution >= 0.6 is 0 Å². The second-order valence-corrected chi connectivity index (χ2v) is 8.35. The Kier molecular flexibility index (Phi) is 4.44. The molecular weight excluding hydrogens is 410 g/mol. The molecule has 4 heterocycles. The van der Waals surface area contributed by atoms with Gasteiger partial charge in [-0.3, -0.25) is 14.4 Å². The van der Waals surface area contributed by atoms with Crippen molar-refractivity contribution in [3.05, 3.63) is 76.9 Å². The van der Waals surface area contributed by atoms with Gasteiger partial charge in [0.05, 0.1) is 17.8 Å². The van der Waals surface area contributed by atoms with E-state index in [9.17, 15) is 14.4 Å². The molecule has 1 unspecified atom stereocenters. The predicted molar refractivity (Wildman–Crippen MR) is 114 cm³/mol. The second kappa shape index (κ2) is 7.08. The Morgan fingerprint density at radius 2 is 1.91 bits per heavy atom. The molecule has 0 bridgehead atoms. The Balaban J connectivity index is 1.67. The van der Waals surface area contributed by atoms with E-state index in [0.29, 0.717) is 42.1 Å². The van der Waals surface area contributed by atoms with Gasteiger partial charge in [0.2, 0.25) is 0 Å². The fraction of sp³-hybridized carbons (Fsp3) is 0.304. The molecule has 2 aliphatic rings. The summed E-state index contributed by atoms with van der Waals surface area (Å²) in [6.07, 6.45) is 3.04. The van der Waals surface area contributed by atoms with Crippen molar-refractivity contribution in [3.8, 4) is 0 Å². The normalized spacial score (nSPS) is 19.7. The van der Waals surface area contributed by atoms with Gasteiger partial charge in [0.25, 0.3) is 17.7 Å². The fourth-order valence-electron chi connectivity index (χ4n) is 4.75. The smallest absolute Gasteiger partial charge is 0.272 e. The average Bonchev–Trinajstić information content (AvgIpc) is 3.50. The summed E-state index contributed by atoms with van der Waals surface area (Å²) in [5, 5.41) is 3.85. The van der Waals surface area contributed by atoms with Crippen molar-refractivity contribution >= 4 is 17.7 Å². The Hall–Kier alpha value is -3.88. The first-order valence-electron chi connectivity index (χ1n) is 10.4. The molecule has 3 amide bonds. The van der Waals surface area contributed by atoms with E-state index in [0.717, 1.165) is 5.56 Å². The lowest BCUT2D eigenvalue weighted by Crippen LogP contribution is -2.60. The van der Waals surface area contributed by atoms with E-state index in [-0.39, 0.29) is 17.7 Å². The third kappa shape index (κ3) is 2.70. The van der Waals surface area contributed by atoms with Gasteiger partial charge < -0.3 is 23.8 Å². The lowest BCUT2D eigenvalue weighted by molar-refractivity contribution is -0.00599. The summed E-state index contributed by atoms with van der Waals surface area (Å²) in [6.45, 7) is 2.79. The highest BCUT2D eigenvalue weighted by molar-refractivity contribution is 6.01. The van der Waals surface area contributed by atoms with Crippen LogP contribution in [0.5, 0.6) is 0 Å². The monoisotopic (exact) mass is 433 g/mol. The summed E-state index contributed by atoms with van der Waals surface area (Å²) in [7, 11) is 3.35. The van der Waals surface area contributed by atoms with E-state index in [2.05, 4.69) is 5.16 Å². The molecule has 0 aliphatic carbocycles. The van der Waals surface area contributed by atoms with Crippen LogP contribution in [0.1, 0.15) is 42.5 Å². The molecule has 3 aromatic rings. The lowest BCUT2D eigenvalue weighted by Gasteiger charge is -2.47. The van der Waals surface area contributed by atoms with E-state index < -0.39 is 5.66 Å². The molecule has 9 heteroatoms. The molecule has 164 valence electrons. The number of aryl methyl sites for hydroxylation is 1. The molecule has 2 aliphatic heterocycles. The molecule has 1 atom stereocenters. The highest BCUT2D eigenvalue weighted by atomic mass is 16.5. The standard InChI is InChI=1S/C23H23N5O4/c1-15-18(13-32-24-15)21(30)27-9-10-28-22(31)19-11-16(20(29)25(2)3)12-26(19)14-23(27,28)17-7-5-4-6-8-17/h4-8,11-13H,9-10,14H2,1-3H3. The van der Waals surface area contributed by atoms with Gasteiger partial charge in [0, 0.05) is 33.4 Å². The third-order valence-corrected chi connectivity index (χ3v) is 6.31. The molecule has 2 aromatic heterocycles. The Bertz CT molecular complexity index is 1230. The number of nitrogens with zero attached hydrogens (tertiary/aromatic N) is 5. The summed E-state index contributed by atoms with van der Waals surface area (Å²) >= 11 is 0. The van der Waals surface area contributed by atoms with Crippen LogP contribution in [-0.2, 0) is 12.2 Å². The first-order chi connectivity index (χ1) is 15.3. The maximum Gasteiger partial charge on any atom is 0.272 e. The Morgan fingerprint density at radius 1 is 1.16 bits per heavy atom. The number of carbonyl (C=O) groups is 3. The molecule has 1 aromatic carbocycles. The minimum Gasteiger partial charge on any atom is -0.364 e. The summed E-state index contributed by atoms with van der Waals surface area (Å²) in [5.74, 6) is -0.639. The van der Waals surface area contributed by atoms with Crippen molar-refractivity contribution in [2.75, 3.05) is 27.2 Å². The predicted octanol–water partition coefficient (Wildman–Crippen LogP) is 1.95. The molecule has 5 rings (SSSR count). The van der Waals surface area contributed by atoms with Crippen LogP contribution in [0.25, 0.3) is 0 Å². The quantitative estimate of drug-likeness (QED) is 0.630.